The summed E-state index contributed by atoms with van der Waals surface area (Å²) < 4.78 is 27.0. The first-order valence-corrected chi connectivity index (χ1v) is 8.04. The summed E-state index contributed by atoms with van der Waals surface area (Å²) >= 11 is 3.11. The number of benzene rings is 1. The molecule has 2 rings (SSSR count). The van der Waals surface area contributed by atoms with Crippen molar-refractivity contribution < 1.29 is 18.3 Å². The van der Waals surface area contributed by atoms with Gasteiger partial charge in [-0.05, 0) is 34.1 Å². The van der Waals surface area contributed by atoms with E-state index in [9.17, 15) is 13.2 Å². The molecule has 0 aliphatic heterocycles. The first kappa shape index (κ1) is 15.6. The maximum atomic E-state index is 12.2. The Hall–Kier alpha value is -1.78. The largest absolute Gasteiger partial charge is 0.478 e. The van der Waals surface area contributed by atoms with Gasteiger partial charge in [0.2, 0.25) is 10.0 Å². The number of hydrogen-bond donors (Lipinski definition) is 3. The number of carboxylic acid groups (broad SMARTS) is 1. The predicted octanol–water partition coefficient (Wildman–Crippen LogP) is 0.786. The van der Waals surface area contributed by atoms with Crippen LogP contribution in [-0.4, -0.2) is 41.2 Å². The van der Waals surface area contributed by atoms with Gasteiger partial charge in [-0.2, -0.15) is 5.10 Å². The molecule has 0 unspecified atom stereocenters. The van der Waals surface area contributed by atoms with Crippen LogP contribution >= 0.6 is 15.9 Å². The lowest BCUT2D eigenvalue weighted by atomic mass is 10.2. The molecule has 1 aromatic carbocycles. The molecule has 1 aromatic heterocycles. The van der Waals surface area contributed by atoms with E-state index in [0.29, 0.717) is 16.7 Å². The van der Waals surface area contributed by atoms with Crippen LogP contribution in [0.1, 0.15) is 16.2 Å². The van der Waals surface area contributed by atoms with Gasteiger partial charge in [0.05, 0.1) is 10.5 Å². The van der Waals surface area contributed by atoms with Crippen LogP contribution in [0.3, 0.4) is 0 Å². The minimum atomic E-state index is -3.82. The summed E-state index contributed by atoms with van der Waals surface area (Å²) in [7, 11) is -3.82. The Labute approximate surface area is 128 Å². The number of carbonyl (C=O) groups is 1. The molecule has 0 aliphatic rings. The number of carboxylic acids is 1. The second-order valence-corrected chi connectivity index (χ2v) is 6.62. The van der Waals surface area contributed by atoms with E-state index in [2.05, 4.69) is 35.8 Å². The fraction of sp³-hybridized carbons (Fsp3) is 0.182. The number of nitrogens with one attached hydrogen (secondary N) is 2. The fourth-order valence-corrected chi connectivity index (χ4v) is 3.59. The lowest BCUT2D eigenvalue weighted by Crippen LogP contribution is -2.26. The van der Waals surface area contributed by atoms with Crippen molar-refractivity contribution >= 4 is 31.9 Å². The summed E-state index contributed by atoms with van der Waals surface area (Å²) in [4.78, 5) is 14.7. The van der Waals surface area contributed by atoms with Gasteiger partial charge in [0.25, 0.3) is 0 Å². The molecule has 0 aliphatic carbocycles. The number of halogens is 1. The number of aromatic carboxylic acids is 1. The van der Waals surface area contributed by atoms with E-state index < -0.39 is 16.0 Å². The highest BCUT2D eigenvalue weighted by Gasteiger charge is 2.19. The Morgan fingerprint density at radius 1 is 1.43 bits per heavy atom. The van der Waals surface area contributed by atoms with Crippen LogP contribution in [0.2, 0.25) is 0 Å². The van der Waals surface area contributed by atoms with E-state index in [1.165, 1.54) is 18.5 Å². The lowest BCUT2D eigenvalue weighted by Gasteiger charge is -2.08. The van der Waals surface area contributed by atoms with E-state index in [0.717, 1.165) is 6.07 Å². The molecule has 112 valence electrons. The van der Waals surface area contributed by atoms with E-state index in [1.54, 1.807) is 0 Å². The van der Waals surface area contributed by atoms with Gasteiger partial charge in [-0.3, -0.25) is 5.10 Å². The second-order valence-electron chi connectivity index (χ2n) is 4.03. The fourth-order valence-electron chi connectivity index (χ4n) is 1.58. The third-order valence-corrected chi connectivity index (χ3v) is 5.04. The van der Waals surface area contributed by atoms with Crippen LogP contribution in [0.15, 0.2) is 33.9 Å². The SMILES string of the molecule is O=C(O)c1ccc(Br)c(S(=O)(=O)NCCc2ncn[nH]2)c1. The van der Waals surface area contributed by atoms with Gasteiger partial charge in [-0.15, -0.1) is 0 Å². The van der Waals surface area contributed by atoms with Crippen molar-refractivity contribution in [2.45, 2.75) is 11.3 Å². The standard InChI is InChI=1S/C11H11BrN4O4S/c12-8-2-1-7(11(17)18)5-9(8)21(19,20)15-4-3-10-13-6-14-16-10/h1-2,5-6,15H,3-4H2,(H,17,18)(H,13,14,16). The quantitative estimate of drug-likeness (QED) is 0.686. The zero-order chi connectivity index (χ0) is 15.5. The van der Waals surface area contributed by atoms with E-state index in [4.69, 9.17) is 5.11 Å². The van der Waals surface area contributed by atoms with Gasteiger partial charge >= 0.3 is 5.97 Å². The first-order valence-electron chi connectivity index (χ1n) is 5.77. The predicted molar refractivity (Wildman–Crippen MR) is 76.4 cm³/mol. The molecule has 8 nitrogen and oxygen atoms in total. The van der Waals surface area contributed by atoms with Crippen LogP contribution in [0.25, 0.3) is 0 Å². The third-order valence-electron chi connectivity index (χ3n) is 2.59. The average Bonchev–Trinajstić information content (AvgIpc) is 2.91. The first-order chi connectivity index (χ1) is 9.90. The van der Waals surface area contributed by atoms with E-state index in [-0.39, 0.29) is 17.0 Å². The Kier molecular flexibility index (Phi) is 4.70. The van der Waals surface area contributed by atoms with Gasteiger partial charge in [0.15, 0.2) is 0 Å². The van der Waals surface area contributed by atoms with Gasteiger partial charge in [-0.25, -0.2) is 22.9 Å². The topological polar surface area (TPSA) is 125 Å². The molecule has 0 amide bonds. The minimum Gasteiger partial charge on any atom is -0.478 e. The van der Waals surface area contributed by atoms with Gasteiger partial charge in [0, 0.05) is 17.4 Å². The van der Waals surface area contributed by atoms with Crippen molar-refractivity contribution in [2.75, 3.05) is 6.54 Å². The number of sulfonamides is 1. The summed E-state index contributed by atoms with van der Waals surface area (Å²) in [6.45, 7) is 0.112. The van der Waals surface area contributed by atoms with Gasteiger partial charge in [-0.1, -0.05) is 0 Å². The van der Waals surface area contributed by atoms with Crippen LogP contribution in [0.4, 0.5) is 0 Å². The molecule has 0 fully saturated rings. The van der Waals surface area contributed by atoms with E-state index >= 15 is 0 Å². The molecular formula is C11H11BrN4O4S. The maximum absolute atomic E-state index is 12.2. The molecule has 0 bridgehead atoms. The summed E-state index contributed by atoms with van der Waals surface area (Å²) in [5.41, 5.74) is -0.103. The molecule has 1 heterocycles. The third kappa shape index (κ3) is 3.86. The highest BCUT2D eigenvalue weighted by molar-refractivity contribution is 9.10. The minimum absolute atomic E-state index is 0.103. The number of aromatic amines is 1. The summed E-state index contributed by atoms with van der Waals surface area (Å²) in [5.74, 6) is -0.642. The van der Waals surface area contributed by atoms with Crippen molar-refractivity contribution in [1.82, 2.24) is 19.9 Å². The molecule has 2 aromatic rings. The highest BCUT2D eigenvalue weighted by Crippen LogP contribution is 2.23. The smallest absolute Gasteiger partial charge is 0.335 e. The molecule has 0 radical (unpaired) electrons. The Balaban J connectivity index is 2.15. The van der Waals surface area contributed by atoms with Gasteiger partial charge in [0.1, 0.15) is 12.2 Å². The molecular weight excluding hydrogens is 364 g/mol. The molecule has 21 heavy (non-hydrogen) atoms. The molecule has 10 heteroatoms. The Bertz CT molecular complexity index is 746. The number of aromatic nitrogens is 3. The molecule has 3 N–H and O–H groups in total. The van der Waals surface area contributed by atoms with Crippen molar-refractivity contribution in [3.05, 3.63) is 40.4 Å². The number of hydrogen-bond acceptors (Lipinski definition) is 5. The number of rotatable bonds is 6. The normalized spacial score (nSPS) is 11.5. The molecule has 0 saturated carbocycles. The summed E-state index contributed by atoms with van der Waals surface area (Å²) in [6, 6.07) is 3.80. The summed E-state index contributed by atoms with van der Waals surface area (Å²) in [6.07, 6.45) is 1.67. The molecule has 0 saturated heterocycles. The zero-order valence-electron chi connectivity index (χ0n) is 10.6. The molecule has 0 atom stereocenters. The number of H-pyrrole nitrogens is 1. The lowest BCUT2D eigenvalue weighted by molar-refractivity contribution is 0.0696. The van der Waals surface area contributed by atoms with Crippen molar-refractivity contribution in [2.24, 2.45) is 0 Å². The summed E-state index contributed by atoms with van der Waals surface area (Å²) in [5, 5.41) is 15.2. The van der Waals surface area contributed by atoms with Crippen molar-refractivity contribution in [3.63, 3.8) is 0 Å². The van der Waals surface area contributed by atoms with Crippen molar-refractivity contribution in [1.29, 1.82) is 0 Å². The van der Waals surface area contributed by atoms with Gasteiger partial charge < -0.3 is 5.11 Å². The number of nitrogens with zero attached hydrogens (tertiary/aromatic N) is 2. The van der Waals surface area contributed by atoms with Crippen molar-refractivity contribution in [3.8, 4) is 0 Å². The highest BCUT2D eigenvalue weighted by atomic mass is 79.9. The van der Waals surface area contributed by atoms with Crippen LogP contribution < -0.4 is 4.72 Å². The Morgan fingerprint density at radius 3 is 2.81 bits per heavy atom. The van der Waals surface area contributed by atoms with Crippen LogP contribution in [-0.2, 0) is 16.4 Å². The maximum Gasteiger partial charge on any atom is 0.335 e. The second kappa shape index (κ2) is 6.33. The Morgan fingerprint density at radius 2 is 2.19 bits per heavy atom. The molecule has 0 spiro atoms. The monoisotopic (exact) mass is 374 g/mol. The van der Waals surface area contributed by atoms with Crippen LogP contribution in [0.5, 0.6) is 0 Å². The van der Waals surface area contributed by atoms with Crippen LogP contribution in [0, 0.1) is 0 Å². The average molecular weight is 375 g/mol. The van der Waals surface area contributed by atoms with E-state index in [1.807, 2.05) is 0 Å². The zero-order valence-corrected chi connectivity index (χ0v) is 13.0.